The van der Waals surface area contributed by atoms with E-state index in [0.717, 1.165) is 37.6 Å². The van der Waals surface area contributed by atoms with E-state index >= 15 is 0 Å². The van der Waals surface area contributed by atoms with Crippen LogP contribution >= 0.6 is 12.4 Å². The van der Waals surface area contributed by atoms with Gasteiger partial charge in [0.25, 0.3) is 5.91 Å². The van der Waals surface area contributed by atoms with Crippen molar-refractivity contribution in [2.45, 2.75) is 32.4 Å². The fraction of sp³-hybridized carbons (Fsp3) is 0.450. The average molecular weight is 429 g/mol. The summed E-state index contributed by atoms with van der Waals surface area (Å²) in [6, 6.07) is 8.36. The number of hydrogen-bond acceptors (Lipinski definition) is 4. The summed E-state index contributed by atoms with van der Waals surface area (Å²) >= 11 is 0. The molecule has 29 heavy (non-hydrogen) atoms. The van der Waals surface area contributed by atoms with Crippen LogP contribution in [0.5, 0.6) is 0 Å². The third-order valence-corrected chi connectivity index (χ3v) is 4.76. The summed E-state index contributed by atoms with van der Waals surface area (Å²) < 4.78 is 38.6. The van der Waals surface area contributed by atoms with Crippen LogP contribution in [0.1, 0.15) is 39.6 Å². The van der Waals surface area contributed by atoms with Gasteiger partial charge in [-0.3, -0.25) is 4.79 Å². The molecule has 158 valence electrons. The molecule has 1 aliphatic heterocycles. The van der Waals surface area contributed by atoms with Crippen molar-refractivity contribution in [3.05, 3.63) is 58.7 Å². The fourth-order valence-electron chi connectivity index (χ4n) is 3.39. The first kappa shape index (κ1) is 23.1. The van der Waals surface area contributed by atoms with Crippen molar-refractivity contribution in [1.82, 2.24) is 20.6 Å². The van der Waals surface area contributed by atoms with Crippen LogP contribution < -0.4 is 10.6 Å². The zero-order valence-corrected chi connectivity index (χ0v) is 16.9. The van der Waals surface area contributed by atoms with Gasteiger partial charge in [-0.05, 0) is 56.5 Å². The number of hydrogen-bond donors (Lipinski definition) is 2. The van der Waals surface area contributed by atoms with E-state index in [1.165, 1.54) is 6.92 Å². The normalized spacial score (nSPS) is 16.3. The molecule has 1 aromatic carbocycles. The molecule has 1 amide bonds. The maximum absolute atomic E-state index is 12.9. The van der Waals surface area contributed by atoms with Gasteiger partial charge in [0.15, 0.2) is 0 Å². The maximum Gasteiger partial charge on any atom is 0.433 e. The second kappa shape index (κ2) is 10.0. The summed E-state index contributed by atoms with van der Waals surface area (Å²) in [6.07, 6.45) is -2.47. The van der Waals surface area contributed by atoms with Crippen LogP contribution in [0.25, 0.3) is 0 Å². The maximum atomic E-state index is 12.9. The molecule has 9 heteroatoms. The van der Waals surface area contributed by atoms with Gasteiger partial charge in [-0.2, -0.15) is 13.2 Å². The van der Waals surface area contributed by atoms with Gasteiger partial charge in [-0.15, -0.1) is 12.4 Å². The van der Waals surface area contributed by atoms with E-state index in [0.29, 0.717) is 11.5 Å². The van der Waals surface area contributed by atoms with Gasteiger partial charge in [0, 0.05) is 24.2 Å². The molecule has 2 heterocycles. The van der Waals surface area contributed by atoms with E-state index in [4.69, 9.17) is 0 Å². The minimum absolute atomic E-state index is 0. The molecule has 1 unspecified atom stereocenters. The van der Waals surface area contributed by atoms with Gasteiger partial charge >= 0.3 is 6.18 Å². The van der Waals surface area contributed by atoms with Crippen molar-refractivity contribution in [3.63, 3.8) is 0 Å². The molecule has 0 bridgehead atoms. The summed E-state index contributed by atoms with van der Waals surface area (Å²) in [7, 11) is 0. The van der Waals surface area contributed by atoms with Crippen molar-refractivity contribution in [3.8, 4) is 0 Å². The molecule has 1 aliphatic rings. The smallest absolute Gasteiger partial charge is 0.352 e. The van der Waals surface area contributed by atoms with Gasteiger partial charge in [-0.1, -0.05) is 18.2 Å². The molecular weight excluding hydrogens is 405 g/mol. The molecule has 1 aromatic heterocycles. The second-order valence-corrected chi connectivity index (χ2v) is 7.03. The van der Waals surface area contributed by atoms with E-state index in [9.17, 15) is 18.0 Å². The molecule has 0 radical (unpaired) electrons. The van der Waals surface area contributed by atoms with Crippen molar-refractivity contribution >= 4 is 18.3 Å². The fourth-order valence-corrected chi connectivity index (χ4v) is 3.39. The molecule has 3 rings (SSSR count). The number of halogens is 4. The van der Waals surface area contributed by atoms with Crippen molar-refractivity contribution in [1.29, 1.82) is 0 Å². The number of benzene rings is 1. The van der Waals surface area contributed by atoms with Crippen LogP contribution in [0.4, 0.5) is 13.2 Å². The Morgan fingerprint density at radius 3 is 2.72 bits per heavy atom. The highest BCUT2D eigenvalue weighted by molar-refractivity contribution is 5.95. The lowest BCUT2D eigenvalue weighted by atomic mass is 9.94. The van der Waals surface area contributed by atoms with Crippen LogP contribution in [0, 0.1) is 12.8 Å². The van der Waals surface area contributed by atoms with E-state index in [1.54, 1.807) is 6.07 Å². The first-order valence-corrected chi connectivity index (χ1v) is 9.31. The lowest BCUT2D eigenvalue weighted by Crippen LogP contribution is -2.28. The summed E-state index contributed by atoms with van der Waals surface area (Å²) in [4.78, 5) is 20.2. The molecule has 0 spiro atoms. The number of alkyl halides is 3. The number of amides is 1. The number of nitrogens with one attached hydrogen (secondary N) is 2. The first-order valence-electron chi connectivity index (χ1n) is 9.31. The molecule has 2 aromatic rings. The highest BCUT2D eigenvalue weighted by Gasteiger charge is 2.33. The lowest BCUT2D eigenvalue weighted by molar-refractivity contribution is -0.141. The van der Waals surface area contributed by atoms with Crippen LogP contribution in [0.2, 0.25) is 0 Å². The van der Waals surface area contributed by atoms with Crippen molar-refractivity contribution in [2.24, 2.45) is 5.92 Å². The van der Waals surface area contributed by atoms with Crippen molar-refractivity contribution in [2.75, 3.05) is 19.6 Å². The van der Waals surface area contributed by atoms with Gasteiger partial charge in [0.2, 0.25) is 0 Å². The average Bonchev–Trinajstić information content (AvgIpc) is 3.14. The quantitative estimate of drug-likeness (QED) is 0.740. The Morgan fingerprint density at radius 1 is 1.28 bits per heavy atom. The molecule has 2 N–H and O–H groups in total. The van der Waals surface area contributed by atoms with E-state index in [2.05, 4.69) is 20.6 Å². The van der Waals surface area contributed by atoms with E-state index in [-0.39, 0.29) is 42.8 Å². The van der Waals surface area contributed by atoms with E-state index in [1.807, 2.05) is 18.2 Å². The Bertz CT molecular complexity index is 839. The van der Waals surface area contributed by atoms with Crippen molar-refractivity contribution < 1.29 is 18.0 Å². The number of carbonyl (C=O) groups excluding carboxylic acids is 1. The van der Waals surface area contributed by atoms with Crippen LogP contribution in [0.3, 0.4) is 0 Å². The van der Waals surface area contributed by atoms with Gasteiger partial charge in [0.1, 0.15) is 11.5 Å². The molecule has 0 aliphatic carbocycles. The minimum Gasteiger partial charge on any atom is -0.352 e. The van der Waals surface area contributed by atoms with Crippen LogP contribution in [-0.2, 0) is 19.0 Å². The standard InChI is InChI=1S/C20H23F3N4O.ClH/c1-13-10-17(20(21,22)23)27-18(26-13)7-9-25-19(28)16-5-3-2-4-15(16)11-14-6-8-24-12-14;/h2-5,10,14,24H,6-9,11-12H2,1H3,(H,25,28);1H. The number of aryl methyl sites for hydroxylation is 1. The third-order valence-electron chi connectivity index (χ3n) is 4.76. The Hall–Kier alpha value is -2.19. The minimum atomic E-state index is -4.51. The second-order valence-electron chi connectivity index (χ2n) is 7.03. The summed E-state index contributed by atoms with van der Waals surface area (Å²) in [5.41, 5.74) is 0.881. The Kier molecular flexibility index (Phi) is 7.98. The Balaban J connectivity index is 0.00000300. The molecule has 0 saturated carbocycles. The molecule has 1 saturated heterocycles. The number of nitrogens with zero attached hydrogens (tertiary/aromatic N) is 2. The zero-order chi connectivity index (χ0) is 20.1. The predicted octanol–water partition coefficient (Wildman–Crippen LogP) is 3.35. The monoisotopic (exact) mass is 428 g/mol. The highest BCUT2D eigenvalue weighted by Crippen LogP contribution is 2.27. The Labute approximate surface area is 173 Å². The summed E-state index contributed by atoms with van der Waals surface area (Å²) in [5.74, 6) is 0.346. The molecule has 1 atom stereocenters. The first-order chi connectivity index (χ1) is 13.3. The summed E-state index contributed by atoms with van der Waals surface area (Å²) in [5, 5.41) is 6.09. The zero-order valence-electron chi connectivity index (χ0n) is 16.1. The SMILES string of the molecule is Cc1cc(C(F)(F)F)nc(CCNC(=O)c2ccccc2CC2CCNC2)n1.Cl. The topological polar surface area (TPSA) is 66.9 Å². The molecule has 1 fully saturated rings. The van der Waals surface area contributed by atoms with Gasteiger partial charge in [0.05, 0.1) is 0 Å². The van der Waals surface area contributed by atoms with Crippen LogP contribution in [0.15, 0.2) is 30.3 Å². The molecular formula is C20H24ClF3N4O. The predicted molar refractivity (Wildman–Crippen MR) is 106 cm³/mol. The third kappa shape index (κ3) is 6.40. The van der Waals surface area contributed by atoms with Gasteiger partial charge < -0.3 is 10.6 Å². The lowest BCUT2D eigenvalue weighted by Gasteiger charge is -2.13. The number of rotatable bonds is 6. The largest absolute Gasteiger partial charge is 0.433 e. The van der Waals surface area contributed by atoms with Crippen LogP contribution in [-0.4, -0.2) is 35.5 Å². The number of carbonyl (C=O) groups is 1. The van der Waals surface area contributed by atoms with Gasteiger partial charge in [-0.25, -0.2) is 9.97 Å². The number of aromatic nitrogens is 2. The molecule has 5 nitrogen and oxygen atoms in total. The summed E-state index contributed by atoms with van der Waals surface area (Å²) in [6.45, 7) is 3.60. The van der Waals surface area contributed by atoms with E-state index < -0.39 is 11.9 Å². The Morgan fingerprint density at radius 2 is 2.03 bits per heavy atom. The highest BCUT2D eigenvalue weighted by atomic mass is 35.5.